The number of hydrogen-bond donors (Lipinski definition) is 2. The summed E-state index contributed by atoms with van der Waals surface area (Å²) in [5.41, 5.74) is 2.09. The van der Waals surface area contributed by atoms with Crippen molar-refractivity contribution in [3.05, 3.63) is 29.8 Å². The van der Waals surface area contributed by atoms with Gasteiger partial charge in [0, 0.05) is 11.6 Å². The second-order valence-corrected chi connectivity index (χ2v) is 9.74. The van der Waals surface area contributed by atoms with E-state index in [1.54, 1.807) is 6.92 Å². The molecule has 2 atom stereocenters. The molecule has 1 aliphatic rings. The Morgan fingerprint density at radius 3 is 2.72 bits per heavy atom. The topological polar surface area (TPSA) is 105 Å². The molecule has 0 spiro atoms. The summed E-state index contributed by atoms with van der Waals surface area (Å²) in [4.78, 5) is 16.6. The summed E-state index contributed by atoms with van der Waals surface area (Å²) in [7, 11) is -3.01. The number of rotatable bonds is 5. The zero-order chi connectivity index (χ0) is 18.0. The Morgan fingerprint density at radius 1 is 1.36 bits per heavy atom. The van der Waals surface area contributed by atoms with E-state index in [0.29, 0.717) is 17.4 Å². The number of aromatic amines is 1. The smallest absolute Gasteiger partial charge is 0.233 e. The van der Waals surface area contributed by atoms with Crippen molar-refractivity contribution in [2.24, 2.45) is 0 Å². The zero-order valence-corrected chi connectivity index (χ0v) is 15.7. The Kier molecular flexibility index (Phi) is 5.14. The van der Waals surface area contributed by atoms with Crippen molar-refractivity contribution in [3.63, 3.8) is 0 Å². The van der Waals surface area contributed by atoms with Crippen molar-refractivity contribution in [1.29, 1.82) is 0 Å². The van der Waals surface area contributed by atoms with Crippen LogP contribution in [0.1, 0.15) is 18.9 Å². The lowest BCUT2D eigenvalue weighted by molar-refractivity contribution is -0.120. The van der Waals surface area contributed by atoms with Gasteiger partial charge in [-0.2, -0.15) is 0 Å². The number of nitrogens with one attached hydrogen (secondary N) is 2. The van der Waals surface area contributed by atoms with Gasteiger partial charge in [-0.15, -0.1) is 5.10 Å². The van der Waals surface area contributed by atoms with Gasteiger partial charge < -0.3 is 5.32 Å². The first-order valence-electron chi connectivity index (χ1n) is 7.99. The molecular weight excluding hydrogens is 360 g/mol. The summed E-state index contributed by atoms with van der Waals surface area (Å²) in [6, 6.07) is 7.62. The van der Waals surface area contributed by atoms with Gasteiger partial charge in [0.25, 0.3) is 0 Å². The number of thioether (sulfide) groups is 1. The molecule has 7 nitrogen and oxygen atoms in total. The largest absolute Gasteiger partial charge is 0.351 e. The van der Waals surface area contributed by atoms with Crippen LogP contribution in [0, 0.1) is 6.92 Å². The van der Waals surface area contributed by atoms with E-state index in [2.05, 4.69) is 20.5 Å². The van der Waals surface area contributed by atoms with Gasteiger partial charge in [-0.3, -0.25) is 9.89 Å². The van der Waals surface area contributed by atoms with Gasteiger partial charge in [0.15, 0.2) is 15.7 Å². The van der Waals surface area contributed by atoms with E-state index in [0.717, 1.165) is 11.1 Å². The Labute approximate surface area is 150 Å². The lowest BCUT2D eigenvalue weighted by atomic mass is 10.1. The van der Waals surface area contributed by atoms with E-state index >= 15 is 0 Å². The molecule has 0 bridgehead atoms. The van der Waals surface area contributed by atoms with Crippen molar-refractivity contribution >= 4 is 27.5 Å². The lowest BCUT2D eigenvalue weighted by Gasteiger charge is -2.14. The fourth-order valence-electron chi connectivity index (χ4n) is 2.58. The third kappa shape index (κ3) is 4.60. The number of carbonyl (C=O) groups is 1. The molecule has 1 amide bonds. The third-order valence-corrected chi connectivity index (χ3v) is 6.75. The molecule has 0 aliphatic carbocycles. The first kappa shape index (κ1) is 17.9. The second-order valence-electron chi connectivity index (χ2n) is 6.20. The third-order valence-electron chi connectivity index (χ3n) is 4.02. The summed E-state index contributed by atoms with van der Waals surface area (Å²) in [5, 5.41) is 9.89. The predicted molar refractivity (Wildman–Crippen MR) is 97.1 cm³/mol. The van der Waals surface area contributed by atoms with Gasteiger partial charge in [-0.05, 0) is 20.3 Å². The molecule has 9 heteroatoms. The van der Waals surface area contributed by atoms with E-state index in [1.807, 2.05) is 31.2 Å². The molecule has 2 heterocycles. The number of aryl methyl sites for hydroxylation is 1. The minimum Gasteiger partial charge on any atom is -0.351 e. The molecule has 0 unspecified atom stereocenters. The van der Waals surface area contributed by atoms with Gasteiger partial charge in [-0.25, -0.2) is 13.4 Å². The van der Waals surface area contributed by atoms with Crippen LogP contribution < -0.4 is 5.32 Å². The lowest BCUT2D eigenvalue weighted by Crippen LogP contribution is -2.39. The Morgan fingerprint density at radius 2 is 2.08 bits per heavy atom. The molecule has 1 saturated heterocycles. The standard InChI is InChI=1S/C16H20N4O3S2/c1-10-3-5-12(6-4-10)14-18-16(20-19-14)24-11(2)15(21)17-13-7-8-25(22,23)9-13/h3-6,11,13H,7-9H2,1-2H3,(H,17,21)(H,18,19,20)/t11-,13-/m0/s1. The van der Waals surface area contributed by atoms with E-state index in [9.17, 15) is 13.2 Å². The summed E-state index contributed by atoms with van der Waals surface area (Å²) in [6.07, 6.45) is 0.476. The SMILES string of the molecule is Cc1ccc(-c2nc(S[C@@H](C)C(=O)N[C@H]3CCS(=O)(=O)C3)n[nH]2)cc1. The number of amides is 1. The molecule has 1 aromatic heterocycles. The highest BCUT2D eigenvalue weighted by Gasteiger charge is 2.30. The Bertz CT molecular complexity index is 862. The average molecular weight is 380 g/mol. The van der Waals surface area contributed by atoms with Gasteiger partial charge in [0.2, 0.25) is 11.1 Å². The highest BCUT2D eigenvalue weighted by Crippen LogP contribution is 2.23. The van der Waals surface area contributed by atoms with E-state index in [-0.39, 0.29) is 23.5 Å². The Balaban J connectivity index is 1.58. The van der Waals surface area contributed by atoms with E-state index in [4.69, 9.17) is 0 Å². The van der Waals surface area contributed by atoms with Crippen molar-refractivity contribution in [2.45, 2.75) is 36.7 Å². The quantitative estimate of drug-likeness (QED) is 0.763. The normalized spacial score (nSPS) is 20.3. The fraction of sp³-hybridized carbons (Fsp3) is 0.438. The first-order chi connectivity index (χ1) is 11.8. The maximum absolute atomic E-state index is 12.2. The highest BCUT2D eigenvalue weighted by molar-refractivity contribution is 8.00. The first-order valence-corrected chi connectivity index (χ1v) is 10.7. The number of H-pyrrole nitrogens is 1. The van der Waals surface area contributed by atoms with Crippen LogP contribution in [-0.4, -0.2) is 52.3 Å². The molecule has 2 aromatic rings. The molecule has 2 N–H and O–H groups in total. The van der Waals surface area contributed by atoms with Gasteiger partial charge in [0.05, 0.1) is 16.8 Å². The molecule has 0 saturated carbocycles. The maximum atomic E-state index is 12.2. The Hall–Kier alpha value is -1.87. The monoisotopic (exact) mass is 380 g/mol. The van der Waals surface area contributed by atoms with Crippen molar-refractivity contribution < 1.29 is 13.2 Å². The molecule has 134 valence electrons. The van der Waals surface area contributed by atoms with Crippen LogP contribution in [0.5, 0.6) is 0 Å². The molecule has 1 aliphatic heterocycles. The van der Waals surface area contributed by atoms with Gasteiger partial charge in [0.1, 0.15) is 0 Å². The van der Waals surface area contributed by atoms with Crippen LogP contribution >= 0.6 is 11.8 Å². The minimum atomic E-state index is -3.01. The fourth-order valence-corrected chi connectivity index (χ4v) is 4.99. The maximum Gasteiger partial charge on any atom is 0.233 e. The molecule has 25 heavy (non-hydrogen) atoms. The van der Waals surface area contributed by atoms with Crippen LogP contribution in [0.3, 0.4) is 0 Å². The van der Waals surface area contributed by atoms with Crippen molar-refractivity contribution in [3.8, 4) is 11.4 Å². The number of nitrogens with zero attached hydrogens (tertiary/aromatic N) is 2. The number of benzene rings is 1. The zero-order valence-electron chi connectivity index (χ0n) is 14.0. The van der Waals surface area contributed by atoms with Crippen LogP contribution in [0.4, 0.5) is 0 Å². The van der Waals surface area contributed by atoms with E-state index in [1.165, 1.54) is 11.8 Å². The van der Waals surface area contributed by atoms with Crippen LogP contribution in [0.2, 0.25) is 0 Å². The summed E-state index contributed by atoms with van der Waals surface area (Å²) in [5.74, 6) is 0.611. The molecule has 1 fully saturated rings. The summed E-state index contributed by atoms with van der Waals surface area (Å²) < 4.78 is 22.9. The number of hydrogen-bond acceptors (Lipinski definition) is 6. The molecule has 3 rings (SSSR count). The number of carbonyl (C=O) groups excluding carboxylic acids is 1. The van der Waals surface area contributed by atoms with Gasteiger partial charge in [-0.1, -0.05) is 41.6 Å². The van der Waals surface area contributed by atoms with Crippen LogP contribution in [0.25, 0.3) is 11.4 Å². The summed E-state index contributed by atoms with van der Waals surface area (Å²) in [6.45, 7) is 3.77. The van der Waals surface area contributed by atoms with Crippen LogP contribution in [0.15, 0.2) is 29.4 Å². The van der Waals surface area contributed by atoms with Crippen molar-refractivity contribution in [1.82, 2.24) is 20.5 Å². The van der Waals surface area contributed by atoms with Gasteiger partial charge >= 0.3 is 0 Å². The number of aromatic nitrogens is 3. The minimum absolute atomic E-state index is 0.0222. The van der Waals surface area contributed by atoms with Crippen molar-refractivity contribution in [2.75, 3.05) is 11.5 Å². The summed E-state index contributed by atoms with van der Waals surface area (Å²) >= 11 is 1.24. The molecule has 0 radical (unpaired) electrons. The number of sulfone groups is 1. The highest BCUT2D eigenvalue weighted by atomic mass is 32.2. The molecule has 1 aromatic carbocycles. The second kappa shape index (κ2) is 7.17. The molecular formula is C16H20N4O3S2. The average Bonchev–Trinajstić information content (AvgIpc) is 3.14. The van der Waals surface area contributed by atoms with Crippen LogP contribution in [-0.2, 0) is 14.6 Å². The van der Waals surface area contributed by atoms with E-state index < -0.39 is 15.1 Å². The predicted octanol–water partition coefficient (Wildman–Crippen LogP) is 1.56.